The number of imide groups is 1. The highest BCUT2D eigenvalue weighted by atomic mass is 16.2. The number of likely N-dealkylation sites (tertiary alicyclic amines) is 1. The molecule has 4 heteroatoms. The molecule has 0 aromatic heterocycles. The van der Waals surface area contributed by atoms with Crippen LogP contribution in [0.25, 0.3) is 0 Å². The molecule has 0 radical (unpaired) electrons. The van der Waals surface area contributed by atoms with Gasteiger partial charge in [-0.3, -0.25) is 19.8 Å². The minimum Gasteiger partial charge on any atom is -0.299 e. The Morgan fingerprint density at radius 3 is 2.52 bits per heavy atom. The highest BCUT2D eigenvalue weighted by Gasteiger charge is 2.34. The number of fused-ring (bicyclic) bond motifs is 1. The third kappa shape index (κ3) is 2.60. The lowest BCUT2D eigenvalue weighted by Gasteiger charge is -2.35. The van der Waals surface area contributed by atoms with E-state index >= 15 is 0 Å². The Morgan fingerprint density at radius 2 is 1.76 bits per heavy atom. The summed E-state index contributed by atoms with van der Waals surface area (Å²) in [5.41, 5.74) is 2.69. The summed E-state index contributed by atoms with van der Waals surface area (Å²) < 4.78 is 0. The molecule has 112 valence electrons. The monoisotopic (exact) mass is 286 g/mol. The number of nitrogens with one attached hydrogen (secondary N) is 1. The summed E-state index contributed by atoms with van der Waals surface area (Å²) >= 11 is 0. The molecule has 3 rings (SSSR count). The lowest BCUT2D eigenvalue weighted by molar-refractivity contribution is -0.148. The Kier molecular flexibility index (Phi) is 3.81. The molecule has 0 saturated carbocycles. The third-order valence-electron chi connectivity index (χ3n) is 4.84. The van der Waals surface area contributed by atoms with E-state index in [2.05, 4.69) is 36.5 Å². The van der Waals surface area contributed by atoms with Crippen LogP contribution in [0.15, 0.2) is 24.3 Å². The fourth-order valence-corrected chi connectivity index (χ4v) is 3.49. The first kappa shape index (κ1) is 14.3. The number of amides is 2. The highest BCUT2D eigenvalue weighted by Crippen LogP contribution is 2.37. The predicted molar refractivity (Wildman–Crippen MR) is 80.8 cm³/mol. The van der Waals surface area contributed by atoms with Crippen molar-refractivity contribution in [3.05, 3.63) is 35.4 Å². The van der Waals surface area contributed by atoms with Crippen molar-refractivity contribution in [2.24, 2.45) is 0 Å². The van der Waals surface area contributed by atoms with Crippen molar-refractivity contribution in [3.8, 4) is 0 Å². The van der Waals surface area contributed by atoms with E-state index < -0.39 is 0 Å². The SMILES string of the molecule is CC1CCC(NC2CCC(=O)N(C)C2=O)c2ccccc21. The molecule has 1 saturated heterocycles. The van der Waals surface area contributed by atoms with E-state index in [4.69, 9.17) is 0 Å². The van der Waals surface area contributed by atoms with Crippen LogP contribution in [0.2, 0.25) is 0 Å². The van der Waals surface area contributed by atoms with Gasteiger partial charge in [-0.25, -0.2) is 0 Å². The number of hydrogen-bond acceptors (Lipinski definition) is 3. The van der Waals surface area contributed by atoms with Crippen molar-refractivity contribution in [1.82, 2.24) is 10.2 Å². The van der Waals surface area contributed by atoms with Gasteiger partial charge < -0.3 is 0 Å². The molecule has 1 aliphatic heterocycles. The molecule has 1 aliphatic carbocycles. The first-order valence-electron chi connectivity index (χ1n) is 7.73. The number of likely N-dealkylation sites (N-methyl/N-ethyl adjacent to an activating group) is 1. The third-order valence-corrected chi connectivity index (χ3v) is 4.84. The van der Waals surface area contributed by atoms with Crippen LogP contribution >= 0.6 is 0 Å². The second-order valence-corrected chi connectivity index (χ2v) is 6.21. The molecule has 1 aromatic carbocycles. The average Bonchev–Trinajstić information content (AvgIpc) is 2.50. The van der Waals surface area contributed by atoms with Gasteiger partial charge in [-0.05, 0) is 36.3 Å². The molecule has 3 atom stereocenters. The molecule has 1 N–H and O–H groups in total. The molecule has 1 heterocycles. The Balaban J connectivity index is 1.79. The van der Waals surface area contributed by atoms with Crippen molar-refractivity contribution >= 4 is 11.8 Å². The molecule has 0 spiro atoms. The Bertz CT molecular complexity index is 570. The quantitative estimate of drug-likeness (QED) is 0.849. The van der Waals surface area contributed by atoms with E-state index in [1.165, 1.54) is 16.0 Å². The Labute approximate surface area is 125 Å². The van der Waals surface area contributed by atoms with Crippen LogP contribution in [-0.2, 0) is 9.59 Å². The van der Waals surface area contributed by atoms with Gasteiger partial charge in [0.05, 0.1) is 6.04 Å². The van der Waals surface area contributed by atoms with E-state index in [1.807, 2.05) is 0 Å². The normalized spacial score (nSPS) is 29.4. The first-order valence-corrected chi connectivity index (χ1v) is 7.73. The zero-order chi connectivity index (χ0) is 15.0. The average molecular weight is 286 g/mol. The van der Waals surface area contributed by atoms with E-state index in [9.17, 15) is 9.59 Å². The van der Waals surface area contributed by atoms with Crippen molar-refractivity contribution in [2.45, 2.75) is 50.6 Å². The maximum Gasteiger partial charge on any atom is 0.246 e. The summed E-state index contributed by atoms with van der Waals surface area (Å²) in [6.07, 6.45) is 3.23. The van der Waals surface area contributed by atoms with Gasteiger partial charge in [0, 0.05) is 19.5 Å². The summed E-state index contributed by atoms with van der Waals surface area (Å²) in [4.78, 5) is 25.1. The first-order chi connectivity index (χ1) is 10.1. The van der Waals surface area contributed by atoms with Gasteiger partial charge >= 0.3 is 0 Å². The molecule has 3 unspecified atom stereocenters. The van der Waals surface area contributed by atoms with Gasteiger partial charge in [0.2, 0.25) is 11.8 Å². The number of carbonyl (C=O) groups is 2. The van der Waals surface area contributed by atoms with Crippen LogP contribution in [0.4, 0.5) is 0 Å². The molecule has 4 nitrogen and oxygen atoms in total. The van der Waals surface area contributed by atoms with Gasteiger partial charge in [-0.2, -0.15) is 0 Å². The van der Waals surface area contributed by atoms with Gasteiger partial charge in [0.15, 0.2) is 0 Å². The zero-order valence-corrected chi connectivity index (χ0v) is 12.6. The molecule has 1 fully saturated rings. The predicted octanol–water partition coefficient (Wildman–Crippen LogP) is 2.36. The van der Waals surface area contributed by atoms with Crippen molar-refractivity contribution in [2.75, 3.05) is 7.05 Å². The summed E-state index contributed by atoms with van der Waals surface area (Å²) in [7, 11) is 1.58. The lowest BCUT2D eigenvalue weighted by Crippen LogP contribution is -2.52. The molecule has 0 bridgehead atoms. The minimum absolute atomic E-state index is 0.0734. The van der Waals surface area contributed by atoms with Crippen LogP contribution in [0, 0.1) is 0 Å². The lowest BCUT2D eigenvalue weighted by atomic mass is 9.80. The largest absolute Gasteiger partial charge is 0.299 e. The fourth-order valence-electron chi connectivity index (χ4n) is 3.49. The highest BCUT2D eigenvalue weighted by molar-refractivity contribution is 6.00. The van der Waals surface area contributed by atoms with E-state index in [1.54, 1.807) is 7.05 Å². The number of nitrogens with zero attached hydrogens (tertiary/aromatic N) is 1. The Hall–Kier alpha value is -1.68. The number of piperidine rings is 1. The van der Waals surface area contributed by atoms with Crippen LogP contribution < -0.4 is 5.32 Å². The summed E-state index contributed by atoms with van der Waals surface area (Å²) in [5.74, 6) is 0.406. The molecule has 21 heavy (non-hydrogen) atoms. The van der Waals surface area contributed by atoms with Gasteiger partial charge in [-0.15, -0.1) is 0 Å². The molecular formula is C17H22N2O2. The van der Waals surface area contributed by atoms with Crippen LogP contribution in [0.3, 0.4) is 0 Å². The van der Waals surface area contributed by atoms with Gasteiger partial charge in [-0.1, -0.05) is 31.2 Å². The molecule has 2 amide bonds. The molecule has 1 aromatic rings. The van der Waals surface area contributed by atoms with E-state index in [0.717, 1.165) is 12.8 Å². The van der Waals surface area contributed by atoms with Crippen molar-refractivity contribution in [1.29, 1.82) is 0 Å². The second kappa shape index (κ2) is 5.60. The van der Waals surface area contributed by atoms with Gasteiger partial charge in [0.1, 0.15) is 0 Å². The summed E-state index contributed by atoms with van der Waals surface area (Å²) in [5, 5.41) is 3.49. The second-order valence-electron chi connectivity index (χ2n) is 6.21. The van der Waals surface area contributed by atoms with Crippen molar-refractivity contribution in [3.63, 3.8) is 0 Å². The zero-order valence-electron chi connectivity index (χ0n) is 12.6. The maximum atomic E-state index is 12.2. The maximum absolute atomic E-state index is 12.2. The summed E-state index contributed by atoms with van der Waals surface area (Å²) in [6.45, 7) is 2.26. The molecule has 2 aliphatic rings. The standard InChI is InChI=1S/C17H22N2O2/c1-11-7-8-14(13-6-4-3-5-12(11)13)18-15-9-10-16(20)19(2)17(15)21/h3-6,11,14-15,18H,7-10H2,1-2H3. The van der Waals surface area contributed by atoms with Crippen LogP contribution in [0.1, 0.15) is 55.7 Å². The molecular weight excluding hydrogens is 264 g/mol. The Morgan fingerprint density at radius 1 is 1.05 bits per heavy atom. The van der Waals surface area contributed by atoms with Crippen molar-refractivity contribution < 1.29 is 9.59 Å². The van der Waals surface area contributed by atoms with E-state index in [0.29, 0.717) is 18.8 Å². The summed E-state index contributed by atoms with van der Waals surface area (Å²) in [6, 6.07) is 8.46. The van der Waals surface area contributed by atoms with E-state index in [-0.39, 0.29) is 23.9 Å². The fraction of sp³-hybridized carbons (Fsp3) is 0.529. The number of benzene rings is 1. The topological polar surface area (TPSA) is 49.4 Å². The smallest absolute Gasteiger partial charge is 0.246 e. The van der Waals surface area contributed by atoms with Gasteiger partial charge in [0.25, 0.3) is 0 Å². The minimum atomic E-state index is -0.237. The number of rotatable bonds is 2. The van der Waals surface area contributed by atoms with Crippen LogP contribution in [-0.4, -0.2) is 29.8 Å². The van der Waals surface area contributed by atoms with Crippen LogP contribution in [0.5, 0.6) is 0 Å². The number of hydrogen-bond donors (Lipinski definition) is 1. The number of carbonyl (C=O) groups excluding carboxylic acids is 2.